The number of fused-ring (bicyclic) bond motifs is 3. The Balaban J connectivity index is 1.29. The van der Waals surface area contributed by atoms with Gasteiger partial charge in [-0.25, -0.2) is 9.37 Å². The fourth-order valence-corrected chi connectivity index (χ4v) is 4.78. The number of alkyl halides is 3. The first-order valence-corrected chi connectivity index (χ1v) is 12.1. The molecule has 3 amide bonds. The molecule has 2 aromatic rings. The molecule has 8 nitrogen and oxygen atoms in total. The fourth-order valence-electron chi connectivity index (χ4n) is 4.78. The number of nitrogens with zero attached hydrogens (tertiary/aromatic N) is 3. The highest BCUT2D eigenvalue weighted by molar-refractivity contribution is 6.05. The quantitative estimate of drug-likeness (QED) is 0.451. The van der Waals surface area contributed by atoms with Gasteiger partial charge in [0.05, 0.1) is 28.9 Å². The lowest BCUT2D eigenvalue weighted by Gasteiger charge is -2.44. The maximum absolute atomic E-state index is 13.7. The maximum atomic E-state index is 13.7. The summed E-state index contributed by atoms with van der Waals surface area (Å²) >= 11 is 0. The summed E-state index contributed by atoms with van der Waals surface area (Å²) in [5.41, 5.74) is -1.40. The number of hydrogen-bond acceptors (Lipinski definition) is 5. The molecule has 2 N–H and O–H groups in total. The molecule has 37 heavy (non-hydrogen) atoms. The van der Waals surface area contributed by atoms with Gasteiger partial charge in [-0.3, -0.25) is 14.4 Å². The normalized spacial score (nSPS) is 19.1. The summed E-state index contributed by atoms with van der Waals surface area (Å²) in [6.07, 6.45) is 1.06. The van der Waals surface area contributed by atoms with Crippen molar-refractivity contribution >= 4 is 29.2 Å². The van der Waals surface area contributed by atoms with Crippen LogP contribution in [0.3, 0.4) is 0 Å². The Morgan fingerprint density at radius 2 is 1.95 bits per heavy atom. The lowest BCUT2D eigenvalue weighted by molar-refractivity contribution is -0.138. The summed E-state index contributed by atoms with van der Waals surface area (Å²) in [6.45, 7) is 0.467. The third kappa shape index (κ3) is 5.23. The highest BCUT2D eigenvalue weighted by Crippen LogP contribution is 2.36. The van der Waals surface area contributed by atoms with E-state index in [9.17, 15) is 31.9 Å². The van der Waals surface area contributed by atoms with Crippen LogP contribution in [-0.4, -0.2) is 59.8 Å². The molecule has 1 aromatic carbocycles. The molecule has 2 aliphatic heterocycles. The van der Waals surface area contributed by atoms with Crippen LogP contribution in [0.2, 0.25) is 0 Å². The molecule has 0 spiro atoms. The molecule has 196 valence electrons. The van der Waals surface area contributed by atoms with Crippen molar-refractivity contribution in [2.75, 3.05) is 36.4 Å². The van der Waals surface area contributed by atoms with Crippen molar-refractivity contribution in [3.05, 3.63) is 53.0 Å². The standard InChI is InChI=1S/C25H25F4N5O3/c26-16-5-6-18(25(27,28)29)17(11-16)24(37)33-8-9-34-20(13-33)23(36)32-19-10-15(12-31-21(19)34)22(35)30-7-1-2-14-3-4-14/h5-6,10-12,14,20H,1-4,7-9,13H2,(H,30,35)(H,32,36). The summed E-state index contributed by atoms with van der Waals surface area (Å²) in [4.78, 5) is 45.5. The lowest BCUT2D eigenvalue weighted by atomic mass is 10.0. The Morgan fingerprint density at radius 3 is 2.68 bits per heavy atom. The van der Waals surface area contributed by atoms with Crippen LogP contribution in [0.5, 0.6) is 0 Å². The molecule has 3 heterocycles. The van der Waals surface area contributed by atoms with E-state index in [-0.39, 0.29) is 25.5 Å². The Labute approximate surface area is 210 Å². The molecule has 1 saturated carbocycles. The molecule has 1 unspecified atom stereocenters. The SMILES string of the molecule is O=C(NCCCC1CC1)c1cnc2c(c1)NC(=O)C1CN(C(=O)c3cc(F)ccc3C(F)(F)F)CCN21. The minimum absolute atomic E-state index is 0.000769. The van der Waals surface area contributed by atoms with E-state index in [2.05, 4.69) is 15.6 Å². The molecular weight excluding hydrogens is 494 g/mol. The van der Waals surface area contributed by atoms with Crippen LogP contribution in [0, 0.1) is 11.7 Å². The zero-order chi connectivity index (χ0) is 26.3. The summed E-state index contributed by atoms with van der Waals surface area (Å²) in [6, 6.07) is 2.38. The number of hydrogen-bond donors (Lipinski definition) is 2. The molecule has 1 aromatic heterocycles. The van der Waals surface area contributed by atoms with Crippen LogP contribution >= 0.6 is 0 Å². The van der Waals surface area contributed by atoms with E-state index in [4.69, 9.17) is 0 Å². The largest absolute Gasteiger partial charge is 0.417 e. The Morgan fingerprint density at radius 1 is 1.16 bits per heavy atom. The number of nitrogens with one attached hydrogen (secondary N) is 2. The molecule has 1 aliphatic carbocycles. The van der Waals surface area contributed by atoms with Crippen molar-refractivity contribution in [1.29, 1.82) is 0 Å². The number of piperazine rings is 1. The average molecular weight is 519 g/mol. The van der Waals surface area contributed by atoms with E-state index < -0.39 is 41.0 Å². The molecule has 1 saturated heterocycles. The summed E-state index contributed by atoms with van der Waals surface area (Å²) < 4.78 is 54.0. The van der Waals surface area contributed by atoms with Crippen molar-refractivity contribution in [2.45, 2.75) is 37.9 Å². The van der Waals surface area contributed by atoms with Crippen LogP contribution in [-0.2, 0) is 11.0 Å². The predicted molar refractivity (Wildman–Crippen MR) is 126 cm³/mol. The highest BCUT2D eigenvalue weighted by Gasteiger charge is 2.42. The van der Waals surface area contributed by atoms with Crippen molar-refractivity contribution < 1.29 is 31.9 Å². The predicted octanol–water partition coefficient (Wildman–Crippen LogP) is 3.44. The molecule has 3 aliphatic rings. The number of halogens is 4. The number of benzene rings is 1. The van der Waals surface area contributed by atoms with Gasteiger partial charge in [0.2, 0.25) is 5.91 Å². The van der Waals surface area contributed by atoms with Crippen LogP contribution in [0.1, 0.15) is 52.0 Å². The number of carbonyl (C=O) groups excluding carboxylic acids is 3. The van der Waals surface area contributed by atoms with Gasteiger partial charge in [-0.05, 0) is 43.0 Å². The second-order valence-electron chi connectivity index (χ2n) is 9.57. The van der Waals surface area contributed by atoms with E-state index in [0.717, 1.165) is 23.7 Å². The number of amides is 3. The van der Waals surface area contributed by atoms with Gasteiger partial charge in [0.15, 0.2) is 5.82 Å². The van der Waals surface area contributed by atoms with Gasteiger partial charge in [0.25, 0.3) is 11.8 Å². The van der Waals surface area contributed by atoms with Gasteiger partial charge < -0.3 is 20.4 Å². The highest BCUT2D eigenvalue weighted by atomic mass is 19.4. The zero-order valence-electron chi connectivity index (χ0n) is 19.8. The molecular formula is C25H25F4N5O3. The van der Waals surface area contributed by atoms with Crippen LogP contribution in [0.4, 0.5) is 29.1 Å². The number of rotatable bonds is 6. The van der Waals surface area contributed by atoms with Gasteiger partial charge in [0, 0.05) is 25.8 Å². The van der Waals surface area contributed by atoms with Gasteiger partial charge in [-0.1, -0.05) is 12.8 Å². The van der Waals surface area contributed by atoms with Crippen molar-refractivity contribution in [1.82, 2.24) is 15.2 Å². The number of carbonyl (C=O) groups is 3. The monoisotopic (exact) mass is 519 g/mol. The molecule has 1 atom stereocenters. The first kappa shape index (κ1) is 25.0. The smallest absolute Gasteiger partial charge is 0.352 e. The van der Waals surface area contributed by atoms with Gasteiger partial charge in [-0.2, -0.15) is 13.2 Å². The Kier molecular flexibility index (Phi) is 6.50. The molecule has 2 fully saturated rings. The van der Waals surface area contributed by atoms with Crippen molar-refractivity contribution in [3.63, 3.8) is 0 Å². The van der Waals surface area contributed by atoms with Crippen molar-refractivity contribution in [3.8, 4) is 0 Å². The van der Waals surface area contributed by atoms with Crippen LogP contribution < -0.4 is 15.5 Å². The Bertz CT molecular complexity index is 1250. The minimum Gasteiger partial charge on any atom is -0.352 e. The third-order valence-electron chi connectivity index (χ3n) is 6.92. The summed E-state index contributed by atoms with van der Waals surface area (Å²) in [5, 5.41) is 5.54. The summed E-state index contributed by atoms with van der Waals surface area (Å²) in [5.74, 6) is -1.57. The second kappa shape index (κ2) is 9.64. The molecule has 5 rings (SSSR count). The number of anilines is 2. The average Bonchev–Trinajstić information content (AvgIpc) is 3.69. The first-order valence-electron chi connectivity index (χ1n) is 12.1. The third-order valence-corrected chi connectivity index (χ3v) is 6.92. The van der Waals surface area contributed by atoms with Crippen molar-refractivity contribution in [2.24, 2.45) is 5.92 Å². The first-order chi connectivity index (χ1) is 17.6. The van der Waals surface area contributed by atoms with E-state index in [1.807, 2.05) is 0 Å². The van der Waals surface area contributed by atoms with Gasteiger partial charge >= 0.3 is 6.18 Å². The number of pyridine rings is 1. The van der Waals surface area contributed by atoms with Crippen LogP contribution in [0.15, 0.2) is 30.5 Å². The molecule has 0 bridgehead atoms. The molecule has 0 radical (unpaired) electrons. The fraction of sp³-hybridized carbons (Fsp3) is 0.440. The lowest BCUT2D eigenvalue weighted by Crippen LogP contribution is -2.61. The minimum atomic E-state index is -4.84. The van der Waals surface area contributed by atoms with E-state index >= 15 is 0 Å². The van der Waals surface area contributed by atoms with Crippen LogP contribution in [0.25, 0.3) is 0 Å². The van der Waals surface area contributed by atoms with E-state index in [1.54, 1.807) is 4.90 Å². The number of aromatic nitrogens is 1. The topological polar surface area (TPSA) is 94.6 Å². The van der Waals surface area contributed by atoms with Gasteiger partial charge in [-0.15, -0.1) is 0 Å². The second-order valence-corrected chi connectivity index (χ2v) is 9.57. The maximum Gasteiger partial charge on any atom is 0.417 e. The Hall–Kier alpha value is -3.70. The van der Waals surface area contributed by atoms with E-state index in [0.29, 0.717) is 41.8 Å². The van der Waals surface area contributed by atoms with E-state index in [1.165, 1.54) is 25.1 Å². The van der Waals surface area contributed by atoms with Gasteiger partial charge in [0.1, 0.15) is 11.9 Å². The molecule has 12 heteroatoms. The summed E-state index contributed by atoms with van der Waals surface area (Å²) in [7, 11) is 0. The zero-order valence-corrected chi connectivity index (χ0v) is 19.8.